The number of benzene rings is 2. The van der Waals surface area contributed by atoms with Crippen LogP contribution >= 0.6 is 0 Å². The topological polar surface area (TPSA) is 29.3 Å². The molecule has 0 aromatic heterocycles. The van der Waals surface area contributed by atoms with Crippen molar-refractivity contribution in [3.8, 4) is 0 Å². The standard InChI is InChI=1S/C17H19FN2/c1-12(19)13-6-7-17-14(10-13)8-9-20(17)11-15-4-2-3-5-16(15)18/h2-7,10,12H,8-9,11,19H2,1H3. The molecule has 2 nitrogen and oxygen atoms in total. The molecule has 3 heteroatoms. The molecule has 1 aliphatic heterocycles. The van der Waals surface area contributed by atoms with Crippen molar-refractivity contribution < 1.29 is 4.39 Å². The first kappa shape index (κ1) is 13.1. The quantitative estimate of drug-likeness (QED) is 0.926. The first-order valence-corrected chi connectivity index (χ1v) is 7.02. The minimum atomic E-state index is -0.131. The summed E-state index contributed by atoms with van der Waals surface area (Å²) in [5.41, 5.74) is 10.4. The van der Waals surface area contributed by atoms with Gasteiger partial charge in [-0.3, -0.25) is 0 Å². The van der Waals surface area contributed by atoms with Crippen LogP contribution in [-0.4, -0.2) is 6.54 Å². The predicted molar refractivity (Wildman–Crippen MR) is 80.2 cm³/mol. The summed E-state index contributed by atoms with van der Waals surface area (Å²) < 4.78 is 13.7. The molecule has 0 radical (unpaired) electrons. The summed E-state index contributed by atoms with van der Waals surface area (Å²) in [6.07, 6.45) is 1.00. The Kier molecular flexibility index (Phi) is 3.45. The van der Waals surface area contributed by atoms with Crippen LogP contribution in [0, 0.1) is 5.82 Å². The van der Waals surface area contributed by atoms with Gasteiger partial charge in [-0.05, 0) is 36.6 Å². The first-order valence-electron chi connectivity index (χ1n) is 7.02. The minimum Gasteiger partial charge on any atom is -0.367 e. The lowest BCUT2D eigenvalue weighted by molar-refractivity contribution is 0.606. The second kappa shape index (κ2) is 5.25. The molecule has 0 spiro atoms. The highest BCUT2D eigenvalue weighted by Gasteiger charge is 2.20. The summed E-state index contributed by atoms with van der Waals surface area (Å²) in [5.74, 6) is -0.131. The Morgan fingerprint density at radius 3 is 2.80 bits per heavy atom. The van der Waals surface area contributed by atoms with Gasteiger partial charge in [-0.1, -0.05) is 30.3 Å². The Morgan fingerprint density at radius 2 is 2.05 bits per heavy atom. The van der Waals surface area contributed by atoms with Gasteiger partial charge in [-0.2, -0.15) is 0 Å². The van der Waals surface area contributed by atoms with Crippen molar-refractivity contribution in [2.75, 3.05) is 11.4 Å². The molecule has 2 N–H and O–H groups in total. The number of nitrogens with zero attached hydrogens (tertiary/aromatic N) is 1. The molecule has 0 fully saturated rings. The van der Waals surface area contributed by atoms with Crippen molar-refractivity contribution in [1.29, 1.82) is 0 Å². The average Bonchev–Trinajstić information content (AvgIpc) is 2.84. The van der Waals surface area contributed by atoms with Crippen molar-refractivity contribution in [2.24, 2.45) is 5.73 Å². The van der Waals surface area contributed by atoms with Crippen molar-refractivity contribution >= 4 is 5.69 Å². The molecule has 1 heterocycles. The molecule has 3 rings (SSSR count). The number of nitrogens with two attached hydrogens (primary N) is 1. The maximum Gasteiger partial charge on any atom is 0.128 e. The van der Waals surface area contributed by atoms with Gasteiger partial charge in [0.1, 0.15) is 5.82 Å². The van der Waals surface area contributed by atoms with Crippen molar-refractivity contribution in [3.05, 3.63) is 65.0 Å². The van der Waals surface area contributed by atoms with E-state index in [1.54, 1.807) is 6.07 Å². The molecule has 104 valence electrons. The van der Waals surface area contributed by atoms with E-state index in [2.05, 4.69) is 23.1 Å². The molecule has 2 aromatic rings. The highest BCUT2D eigenvalue weighted by atomic mass is 19.1. The van der Waals surface area contributed by atoms with E-state index in [1.165, 1.54) is 17.3 Å². The molecule has 1 aliphatic rings. The summed E-state index contributed by atoms with van der Waals surface area (Å²) in [4.78, 5) is 2.23. The number of fused-ring (bicyclic) bond motifs is 1. The lowest BCUT2D eigenvalue weighted by Crippen LogP contribution is -2.20. The van der Waals surface area contributed by atoms with Crippen molar-refractivity contribution in [3.63, 3.8) is 0 Å². The lowest BCUT2D eigenvalue weighted by atomic mass is 10.0. The van der Waals surface area contributed by atoms with Crippen LogP contribution < -0.4 is 10.6 Å². The number of anilines is 1. The molecule has 0 saturated carbocycles. The summed E-state index contributed by atoms with van der Waals surface area (Å²) >= 11 is 0. The fourth-order valence-electron chi connectivity index (χ4n) is 2.77. The summed E-state index contributed by atoms with van der Waals surface area (Å²) in [6.45, 7) is 3.55. The zero-order chi connectivity index (χ0) is 14.1. The van der Waals surface area contributed by atoms with E-state index in [0.29, 0.717) is 6.54 Å². The van der Waals surface area contributed by atoms with Crippen LogP contribution in [0.15, 0.2) is 42.5 Å². The van der Waals surface area contributed by atoms with Crippen molar-refractivity contribution in [2.45, 2.75) is 25.9 Å². The van der Waals surface area contributed by atoms with Gasteiger partial charge in [-0.15, -0.1) is 0 Å². The third kappa shape index (κ3) is 2.41. The molecule has 2 aromatic carbocycles. The van der Waals surface area contributed by atoms with Crippen LogP contribution in [0.3, 0.4) is 0 Å². The highest BCUT2D eigenvalue weighted by Crippen LogP contribution is 2.31. The number of halogens is 1. The zero-order valence-electron chi connectivity index (χ0n) is 11.6. The number of rotatable bonds is 3. The van der Waals surface area contributed by atoms with E-state index in [1.807, 2.05) is 19.1 Å². The summed E-state index contributed by atoms with van der Waals surface area (Å²) in [7, 11) is 0. The van der Waals surface area contributed by atoms with Gasteiger partial charge < -0.3 is 10.6 Å². The molecule has 1 unspecified atom stereocenters. The Morgan fingerprint density at radius 1 is 1.25 bits per heavy atom. The van der Waals surface area contributed by atoms with E-state index in [-0.39, 0.29) is 11.9 Å². The molecule has 0 bridgehead atoms. The number of hydrogen-bond acceptors (Lipinski definition) is 2. The van der Waals surface area contributed by atoms with Gasteiger partial charge in [0.05, 0.1) is 0 Å². The van der Waals surface area contributed by atoms with E-state index in [0.717, 1.165) is 24.1 Å². The van der Waals surface area contributed by atoms with Crippen LogP contribution in [0.25, 0.3) is 0 Å². The van der Waals surface area contributed by atoms with Crippen LogP contribution in [0.5, 0.6) is 0 Å². The normalized spacial score (nSPS) is 15.2. The van der Waals surface area contributed by atoms with E-state index < -0.39 is 0 Å². The Bertz CT molecular complexity index is 622. The van der Waals surface area contributed by atoms with Gasteiger partial charge in [-0.25, -0.2) is 4.39 Å². The predicted octanol–water partition coefficient (Wildman–Crippen LogP) is 3.41. The smallest absolute Gasteiger partial charge is 0.128 e. The second-order valence-electron chi connectivity index (χ2n) is 5.44. The first-order chi connectivity index (χ1) is 9.65. The molecular formula is C17H19FN2. The maximum absolute atomic E-state index is 13.7. The third-order valence-electron chi connectivity index (χ3n) is 3.94. The number of hydrogen-bond donors (Lipinski definition) is 1. The molecular weight excluding hydrogens is 251 g/mol. The van der Waals surface area contributed by atoms with Crippen LogP contribution in [0.4, 0.5) is 10.1 Å². The third-order valence-corrected chi connectivity index (χ3v) is 3.94. The van der Waals surface area contributed by atoms with E-state index in [4.69, 9.17) is 5.73 Å². The largest absolute Gasteiger partial charge is 0.367 e. The maximum atomic E-state index is 13.7. The molecule has 0 amide bonds. The van der Waals surface area contributed by atoms with Crippen LogP contribution in [0.2, 0.25) is 0 Å². The molecule has 1 atom stereocenters. The zero-order valence-corrected chi connectivity index (χ0v) is 11.6. The Hall–Kier alpha value is -1.87. The average molecular weight is 270 g/mol. The summed E-state index contributed by atoms with van der Waals surface area (Å²) in [6, 6.07) is 13.4. The summed E-state index contributed by atoms with van der Waals surface area (Å²) in [5, 5.41) is 0. The monoisotopic (exact) mass is 270 g/mol. The second-order valence-corrected chi connectivity index (χ2v) is 5.44. The molecule has 0 aliphatic carbocycles. The van der Waals surface area contributed by atoms with Gasteiger partial charge in [0, 0.05) is 30.4 Å². The van der Waals surface area contributed by atoms with Crippen LogP contribution in [0.1, 0.15) is 29.7 Å². The van der Waals surface area contributed by atoms with Gasteiger partial charge in [0.15, 0.2) is 0 Å². The Labute approximate surface area is 119 Å². The highest BCUT2D eigenvalue weighted by molar-refractivity contribution is 5.59. The SMILES string of the molecule is CC(N)c1ccc2c(c1)CCN2Cc1ccccc1F. The molecule has 0 saturated heterocycles. The van der Waals surface area contributed by atoms with Crippen LogP contribution in [-0.2, 0) is 13.0 Å². The van der Waals surface area contributed by atoms with E-state index >= 15 is 0 Å². The van der Waals surface area contributed by atoms with Gasteiger partial charge in [0.2, 0.25) is 0 Å². The fraction of sp³-hybridized carbons (Fsp3) is 0.294. The van der Waals surface area contributed by atoms with Crippen molar-refractivity contribution in [1.82, 2.24) is 0 Å². The van der Waals surface area contributed by atoms with Gasteiger partial charge >= 0.3 is 0 Å². The van der Waals surface area contributed by atoms with E-state index in [9.17, 15) is 4.39 Å². The lowest BCUT2D eigenvalue weighted by Gasteiger charge is -2.20. The van der Waals surface area contributed by atoms with Gasteiger partial charge in [0.25, 0.3) is 0 Å². The molecule has 20 heavy (non-hydrogen) atoms. The Balaban J connectivity index is 1.85. The minimum absolute atomic E-state index is 0.0564. The fourth-order valence-corrected chi connectivity index (χ4v) is 2.77.